The number of morpholine rings is 1. The third-order valence-electron chi connectivity index (χ3n) is 3.86. The predicted molar refractivity (Wildman–Crippen MR) is 93.1 cm³/mol. The maximum absolute atomic E-state index is 12.0. The number of nitrogens with zero attached hydrogens (tertiary/aromatic N) is 1. The summed E-state index contributed by atoms with van der Waals surface area (Å²) < 4.78 is 15.6. The molecule has 8 nitrogen and oxygen atoms in total. The van der Waals surface area contributed by atoms with Crippen LogP contribution in [0.4, 0.5) is 5.69 Å². The third kappa shape index (κ3) is 6.24. The smallest absolute Gasteiger partial charge is 0.233 e. The fourth-order valence-electron chi connectivity index (χ4n) is 2.48. The second-order valence-electron chi connectivity index (χ2n) is 5.60. The minimum atomic E-state index is -0.396. The highest BCUT2D eigenvalue weighted by atomic mass is 16.5. The van der Waals surface area contributed by atoms with Gasteiger partial charge in [-0.05, 0) is 12.1 Å². The van der Waals surface area contributed by atoms with Gasteiger partial charge in [0.1, 0.15) is 17.9 Å². The molecule has 0 aromatic heterocycles. The highest BCUT2D eigenvalue weighted by Crippen LogP contribution is 2.28. The van der Waals surface area contributed by atoms with Crippen molar-refractivity contribution >= 4 is 17.5 Å². The Hall–Kier alpha value is -2.32. The minimum Gasteiger partial charge on any atom is -0.497 e. The van der Waals surface area contributed by atoms with E-state index in [0.29, 0.717) is 23.7 Å². The van der Waals surface area contributed by atoms with Gasteiger partial charge in [0.25, 0.3) is 0 Å². The molecule has 2 N–H and O–H groups in total. The number of carbonyl (C=O) groups excluding carboxylic acids is 2. The normalized spacial score (nSPS) is 14.6. The lowest BCUT2D eigenvalue weighted by Gasteiger charge is -2.26. The van der Waals surface area contributed by atoms with Crippen LogP contribution in [-0.4, -0.2) is 70.3 Å². The fraction of sp³-hybridized carbons (Fsp3) is 0.529. The molecule has 2 amide bonds. The molecule has 25 heavy (non-hydrogen) atoms. The molecule has 8 heteroatoms. The van der Waals surface area contributed by atoms with Crippen LogP contribution in [0.15, 0.2) is 18.2 Å². The number of anilines is 1. The first kappa shape index (κ1) is 19.0. The number of ether oxygens (including phenoxy) is 3. The molecule has 1 aromatic carbocycles. The SMILES string of the molecule is COc1ccc(NC(=O)CC(=O)NCCN2CCOCC2)c(OC)c1. The highest BCUT2D eigenvalue weighted by Gasteiger charge is 2.14. The highest BCUT2D eigenvalue weighted by molar-refractivity contribution is 6.04. The quantitative estimate of drug-likeness (QED) is 0.663. The predicted octanol–water partition coefficient (Wildman–Crippen LogP) is 0.481. The van der Waals surface area contributed by atoms with Crippen molar-refractivity contribution in [1.82, 2.24) is 10.2 Å². The van der Waals surface area contributed by atoms with Gasteiger partial charge in [-0.2, -0.15) is 0 Å². The van der Waals surface area contributed by atoms with E-state index in [0.717, 1.165) is 32.8 Å². The maximum atomic E-state index is 12.0. The number of amides is 2. The molecule has 0 saturated carbocycles. The standard InChI is InChI=1S/C17H25N3O5/c1-23-13-3-4-14(15(11-13)24-2)19-17(22)12-16(21)18-5-6-20-7-9-25-10-8-20/h3-4,11H,5-10,12H2,1-2H3,(H,18,21)(H,19,22). The zero-order chi connectivity index (χ0) is 18.1. The van der Waals surface area contributed by atoms with Crippen LogP contribution in [0, 0.1) is 0 Å². The molecule has 0 radical (unpaired) electrons. The van der Waals surface area contributed by atoms with Crippen molar-refractivity contribution in [2.45, 2.75) is 6.42 Å². The lowest BCUT2D eigenvalue weighted by atomic mass is 10.2. The Labute approximate surface area is 147 Å². The van der Waals surface area contributed by atoms with E-state index in [-0.39, 0.29) is 12.3 Å². The van der Waals surface area contributed by atoms with E-state index in [1.54, 1.807) is 25.3 Å². The van der Waals surface area contributed by atoms with Gasteiger partial charge in [0.2, 0.25) is 11.8 Å². The first-order chi connectivity index (χ1) is 12.1. The third-order valence-corrected chi connectivity index (χ3v) is 3.86. The summed E-state index contributed by atoms with van der Waals surface area (Å²) >= 11 is 0. The molecular formula is C17H25N3O5. The number of nitrogens with one attached hydrogen (secondary N) is 2. The van der Waals surface area contributed by atoms with Crippen LogP contribution < -0.4 is 20.1 Å². The molecule has 138 valence electrons. The molecule has 1 saturated heterocycles. The van der Waals surface area contributed by atoms with Crippen molar-refractivity contribution < 1.29 is 23.8 Å². The van der Waals surface area contributed by atoms with E-state index in [1.165, 1.54) is 7.11 Å². The number of hydrogen-bond donors (Lipinski definition) is 2. The largest absolute Gasteiger partial charge is 0.497 e. The molecule has 1 aliphatic heterocycles. The molecular weight excluding hydrogens is 326 g/mol. The van der Waals surface area contributed by atoms with E-state index in [2.05, 4.69) is 15.5 Å². The van der Waals surface area contributed by atoms with Crippen molar-refractivity contribution in [1.29, 1.82) is 0 Å². The van der Waals surface area contributed by atoms with Crippen LogP contribution >= 0.6 is 0 Å². The van der Waals surface area contributed by atoms with Crippen LogP contribution in [0.25, 0.3) is 0 Å². The Balaban J connectivity index is 1.74. The molecule has 0 aliphatic carbocycles. The molecule has 0 atom stereocenters. The summed E-state index contributed by atoms with van der Waals surface area (Å²) in [5.74, 6) is 0.390. The summed E-state index contributed by atoms with van der Waals surface area (Å²) in [5.41, 5.74) is 0.495. The molecule has 0 bridgehead atoms. The molecule has 0 unspecified atom stereocenters. The summed E-state index contributed by atoms with van der Waals surface area (Å²) in [6.07, 6.45) is -0.238. The lowest BCUT2D eigenvalue weighted by molar-refractivity contribution is -0.126. The topological polar surface area (TPSA) is 89.1 Å². The van der Waals surface area contributed by atoms with Crippen LogP contribution in [-0.2, 0) is 14.3 Å². The summed E-state index contributed by atoms with van der Waals surface area (Å²) in [4.78, 5) is 26.1. The summed E-state index contributed by atoms with van der Waals surface area (Å²) in [7, 11) is 3.05. The van der Waals surface area contributed by atoms with Gasteiger partial charge in [0.05, 0.1) is 33.1 Å². The van der Waals surface area contributed by atoms with E-state index in [1.807, 2.05) is 0 Å². The Morgan fingerprint density at radius 1 is 1.16 bits per heavy atom. The maximum Gasteiger partial charge on any atom is 0.233 e. The van der Waals surface area contributed by atoms with Crippen molar-refractivity contribution in [3.05, 3.63) is 18.2 Å². The molecule has 1 heterocycles. The second kappa shape index (κ2) is 9.85. The van der Waals surface area contributed by atoms with Gasteiger partial charge in [-0.25, -0.2) is 0 Å². The van der Waals surface area contributed by atoms with Crippen LogP contribution in [0.5, 0.6) is 11.5 Å². The Morgan fingerprint density at radius 3 is 2.60 bits per heavy atom. The molecule has 1 fully saturated rings. The Morgan fingerprint density at radius 2 is 1.92 bits per heavy atom. The van der Waals surface area contributed by atoms with E-state index >= 15 is 0 Å². The van der Waals surface area contributed by atoms with Gasteiger partial charge in [-0.1, -0.05) is 0 Å². The summed E-state index contributed by atoms with van der Waals surface area (Å²) in [5, 5.41) is 5.44. The number of carbonyl (C=O) groups is 2. The van der Waals surface area contributed by atoms with Gasteiger partial charge in [-0.3, -0.25) is 14.5 Å². The first-order valence-electron chi connectivity index (χ1n) is 8.21. The molecule has 1 aliphatic rings. The van der Waals surface area contributed by atoms with E-state index in [4.69, 9.17) is 14.2 Å². The van der Waals surface area contributed by atoms with E-state index < -0.39 is 5.91 Å². The molecule has 2 rings (SSSR count). The average molecular weight is 351 g/mol. The number of methoxy groups -OCH3 is 2. The zero-order valence-electron chi connectivity index (χ0n) is 14.7. The number of rotatable bonds is 8. The van der Waals surface area contributed by atoms with Crippen LogP contribution in [0.1, 0.15) is 6.42 Å². The van der Waals surface area contributed by atoms with E-state index in [9.17, 15) is 9.59 Å². The Bertz CT molecular complexity index is 588. The average Bonchev–Trinajstić information content (AvgIpc) is 2.62. The molecule has 0 spiro atoms. The van der Waals surface area contributed by atoms with Crippen LogP contribution in [0.2, 0.25) is 0 Å². The monoisotopic (exact) mass is 351 g/mol. The van der Waals surface area contributed by atoms with Crippen molar-refractivity contribution in [3.8, 4) is 11.5 Å². The lowest BCUT2D eigenvalue weighted by Crippen LogP contribution is -2.41. The van der Waals surface area contributed by atoms with Gasteiger partial charge < -0.3 is 24.8 Å². The minimum absolute atomic E-state index is 0.238. The molecule has 1 aromatic rings. The van der Waals surface area contributed by atoms with Crippen molar-refractivity contribution in [3.63, 3.8) is 0 Å². The van der Waals surface area contributed by atoms with Gasteiger partial charge >= 0.3 is 0 Å². The zero-order valence-corrected chi connectivity index (χ0v) is 14.7. The summed E-state index contributed by atoms with van der Waals surface area (Å²) in [6, 6.07) is 5.05. The van der Waals surface area contributed by atoms with Gasteiger partial charge in [-0.15, -0.1) is 0 Å². The second-order valence-corrected chi connectivity index (χ2v) is 5.60. The Kier molecular flexibility index (Phi) is 7.49. The summed E-state index contributed by atoms with van der Waals surface area (Å²) in [6.45, 7) is 4.45. The number of hydrogen-bond acceptors (Lipinski definition) is 6. The van der Waals surface area contributed by atoms with Crippen molar-refractivity contribution in [2.75, 3.05) is 58.9 Å². The van der Waals surface area contributed by atoms with Gasteiger partial charge in [0.15, 0.2) is 0 Å². The number of benzene rings is 1. The fourth-order valence-corrected chi connectivity index (χ4v) is 2.48. The van der Waals surface area contributed by atoms with Gasteiger partial charge in [0, 0.05) is 32.2 Å². The van der Waals surface area contributed by atoms with Crippen LogP contribution in [0.3, 0.4) is 0 Å². The first-order valence-corrected chi connectivity index (χ1v) is 8.21. The van der Waals surface area contributed by atoms with Crippen molar-refractivity contribution in [2.24, 2.45) is 0 Å².